The van der Waals surface area contributed by atoms with Crippen LogP contribution >= 0.6 is 0 Å². The van der Waals surface area contributed by atoms with Gasteiger partial charge >= 0.3 is 12.4 Å². The molecule has 0 aliphatic heterocycles. The lowest BCUT2D eigenvalue weighted by Crippen LogP contribution is -2.54. The monoisotopic (exact) mass is 614 g/mol. The highest BCUT2D eigenvalue weighted by Gasteiger charge is 2.72. The van der Waals surface area contributed by atoms with E-state index in [-0.39, 0.29) is 21.3 Å². The Morgan fingerprint density at radius 1 is 0.524 bits per heavy atom. The molecule has 4 aromatic rings. The first-order chi connectivity index (χ1) is 19.3. The summed E-state index contributed by atoms with van der Waals surface area (Å²) in [6.07, 6.45) is -11.4. The fourth-order valence-electron chi connectivity index (χ4n) is 4.13. The van der Waals surface area contributed by atoms with Gasteiger partial charge in [-0.15, -0.1) is 0 Å². The average Bonchev–Trinajstić information content (AvgIpc) is 2.88. The zero-order chi connectivity index (χ0) is 31.7. The molecule has 0 aliphatic carbocycles. The minimum Gasteiger partial charge on any atom is -0.508 e. The SMILES string of the molecule is Cc1cc(S(=O)(=O)c2ccc(O)c(C)c2)ccc1O.Oc1ccc(C(c2ccc(O)cc2)(C(F)(F)F)C(F)(F)F)cc1. The van der Waals surface area contributed by atoms with Gasteiger partial charge in [0, 0.05) is 0 Å². The Bertz CT molecular complexity index is 1540. The van der Waals surface area contributed by atoms with Crippen molar-refractivity contribution in [2.24, 2.45) is 0 Å². The maximum atomic E-state index is 13.6. The summed E-state index contributed by atoms with van der Waals surface area (Å²) in [4.78, 5) is 0.237. The zero-order valence-corrected chi connectivity index (χ0v) is 22.7. The largest absolute Gasteiger partial charge is 0.508 e. The van der Waals surface area contributed by atoms with Gasteiger partial charge < -0.3 is 20.4 Å². The summed E-state index contributed by atoms with van der Waals surface area (Å²) < 4.78 is 106. The van der Waals surface area contributed by atoms with Crippen molar-refractivity contribution in [3.63, 3.8) is 0 Å². The van der Waals surface area contributed by atoms with E-state index >= 15 is 0 Å². The van der Waals surface area contributed by atoms with E-state index in [1.165, 1.54) is 36.4 Å². The summed E-state index contributed by atoms with van der Waals surface area (Å²) >= 11 is 0. The van der Waals surface area contributed by atoms with Gasteiger partial charge in [0.25, 0.3) is 0 Å². The third kappa shape index (κ3) is 6.10. The molecule has 224 valence electrons. The smallest absolute Gasteiger partial charge is 0.411 e. The molecule has 0 aliphatic rings. The molecule has 4 rings (SSSR count). The van der Waals surface area contributed by atoms with Gasteiger partial charge in [0.15, 0.2) is 0 Å². The lowest BCUT2D eigenvalue weighted by molar-refractivity contribution is -0.288. The van der Waals surface area contributed by atoms with E-state index in [1.54, 1.807) is 13.8 Å². The van der Waals surface area contributed by atoms with Crippen LogP contribution in [0, 0.1) is 13.8 Å². The molecule has 0 unspecified atom stereocenters. The molecule has 0 amide bonds. The van der Waals surface area contributed by atoms with Gasteiger partial charge in [0.05, 0.1) is 9.79 Å². The van der Waals surface area contributed by atoms with E-state index in [2.05, 4.69) is 0 Å². The lowest BCUT2D eigenvalue weighted by atomic mass is 9.73. The molecule has 0 atom stereocenters. The molecule has 0 bridgehead atoms. The fraction of sp³-hybridized carbons (Fsp3) is 0.172. The number of sulfone groups is 1. The van der Waals surface area contributed by atoms with Crippen LogP contribution in [0.15, 0.2) is 94.7 Å². The van der Waals surface area contributed by atoms with Crippen LogP contribution in [0.3, 0.4) is 0 Å². The number of phenols is 4. The number of benzene rings is 4. The molecule has 6 nitrogen and oxygen atoms in total. The van der Waals surface area contributed by atoms with Crippen LogP contribution in [0.5, 0.6) is 23.0 Å². The van der Waals surface area contributed by atoms with Crippen molar-refractivity contribution in [1.29, 1.82) is 0 Å². The summed E-state index contributed by atoms with van der Waals surface area (Å²) in [6, 6.07) is 13.6. The molecule has 0 radical (unpaired) electrons. The molecule has 0 aromatic heterocycles. The number of alkyl halides is 6. The summed E-state index contributed by atoms with van der Waals surface area (Å²) in [5.74, 6) is -0.808. The Labute approximate surface area is 236 Å². The molecular weight excluding hydrogens is 590 g/mol. The molecule has 0 spiro atoms. The maximum absolute atomic E-state index is 13.6. The molecule has 0 saturated carbocycles. The Kier molecular flexibility index (Phi) is 8.78. The second kappa shape index (κ2) is 11.5. The van der Waals surface area contributed by atoms with Gasteiger partial charge in [-0.25, -0.2) is 8.42 Å². The summed E-state index contributed by atoms with van der Waals surface area (Å²) in [7, 11) is -3.64. The summed E-state index contributed by atoms with van der Waals surface area (Å²) in [6.45, 7) is 3.27. The number of hydrogen-bond acceptors (Lipinski definition) is 6. The van der Waals surface area contributed by atoms with Crippen LogP contribution < -0.4 is 0 Å². The first-order valence-electron chi connectivity index (χ1n) is 11.9. The van der Waals surface area contributed by atoms with Crippen molar-refractivity contribution in [1.82, 2.24) is 0 Å². The van der Waals surface area contributed by atoms with Gasteiger partial charge in [-0.2, -0.15) is 26.3 Å². The topological polar surface area (TPSA) is 115 Å². The van der Waals surface area contributed by atoms with Crippen LogP contribution in [0.4, 0.5) is 26.3 Å². The number of aromatic hydroxyl groups is 4. The normalized spacial score (nSPS) is 12.4. The highest BCUT2D eigenvalue weighted by molar-refractivity contribution is 7.91. The Balaban J connectivity index is 0.000000235. The second-order valence-corrected chi connectivity index (χ2v) is 11.2. The molecule has 4 aromatic carbocycles. The number of hydrogen-bond donors (Lipinski definition) is 4. The van der Waals surface area contributed by atoms with E-state index in [9.17, 15) is 45.0 Å². The average molecular weight is 615 g/mol. The minimum atomic E-state index is -5.70. The van der Waals surface area contributed by atoms with E-state index < -0.39 is 50.2 Å². The van der Waals surface area contributed by atoms with Gasteiger partial charge in [-0.3, -0.25) is 0 Å². The van der Waals surface area contributed by atoms with Gasteiger partial charge in [-0.05, 0) is 96.8 Å². The predicted octanol–water partition coefficient (Wildman–Crippen LogP) is 7.06. The number of halogens is 6. The number of rotatable bonds is 4. The second-order valence-electron chi connectivity index (χ2n) is 9.24. The molecule has 42 heavy (non-hydrogen) atoms. The highest BCUT2D eigenvalue weighted by atomic mass is 32.2. The van der Waals surface area contributed by atoms with Crippen LogP contribution in [0.1, 0.15) is 22.3 Å². The highest BCUT2D eigenvalue weighted by Crippen LogP contribution is 2.56. The third-order valence-electron chi connectivity index (χ3n) is 6.41. The Hall–Kier alpha value is -4.39. The van der Waals surface area contributed by atoms with Crippen molar-refractivity contribution < 1.29 is 55.2 Å². The standard InChI is InChI=1S/C15H10F6O2.C14H14O4S/c16-14(17,18)13(15(19,20)21,9-1-5-11(22)6-2-9)10-3-7-12(23)8-4-10;1-9-7-11(3-5-13(9)15)19(17,18)12-4-6-14(16)10(2)8-12/h1-8,22-23H;3-8,15-16H,1-2H3. The number of aryl methyl sites for hydroxylation is 2. The molecule has 0 heterocycles. The van der Waals surface area contributed by atoms with Crippen molar-refractivity contribution in [2.75, 3.05) is 0 Å². The summed E-state index contributed by atoms with van der Waals surface area (Å²) in [5, 5.41) is 37.1. The molecule has 13 heteroatoms. The van der Waals surface area contributed by atoms with Crippen LogP contribution in [-0.4, -0.2) is 41.2 Å². The number of phenolic OH excluding ortho intramolecular Hbond substituents is 4. The van der Waals surface area contributed by atoms with Crippen LogP contribution in [0.25, 0.3) is 0 Å². The Morgan fingerprint density at radius 2 is 0.833 bits per heavy atom. The van der Waals surface area contributed by atoms with E-state index in [0.717, 1.165) is 24.3 Å². The predicted molar refractivity (Wildman–Crippen MR) is 140 cm³/mol. The van der Waals surface area contributed by atoms with E-state index in [0.29, 0.717) is 35.4 Å². The Morgan fingerprint density at radius 3 is 1.10 bits per heavy atom. The van der Waals surface area contributed by atoms with Crippen molar-refractivity contribution in [3.05, 3.63) is 107 Å². The fourth-order valence-corrected chi connectivity index (χ4v) is 5.56. The quantitative estimate of drug-likeness (QED) is 0.183. The first kappa shape index (κ1) is 32.1. The maximum Gasteiger partial charge on any atom is 0.411 e. The van der Waals surface area contributed by atoms with Gasteiger partial charge in [-0.1, -0.05) is 24.3 Å². The zero-order valence-electron chi connectivity index (χ0n) is 21.9. The molecule has 0 fully saturated rings. The molecule has 4 N–H and O–H groups in total. The van der Waals surface area contributed by atoms with Gasteiger partial charge in [0.1, 0.15) is 23.0 Å². The third-order valence-corrected chi connectivity index (χ3v) is 8.16. The van der Waals surface area contributed by atoms with E-state index in [1.807, 2.05) is 0 Å². The van der Waals surface area contributed by atoms with E-state index in [4.69, 9.17) is 10.2 Å². The summed E-state index contributed by atoms with van der Waals surface area (Å²) in [5.41, 5.74) is -5.45. The molecule has 0 saturated heterocycles. The minimum absolute atomic E-state index is 0.0563. The molecular formula is C29H24F6O6S. The van der Waals surface area contributed by atoms with Gasteiger partial charge in [0.2, 0.25) is 15.3 Å². The van der Waals surface area contributed by atoms with Crippen molar-refractivity contribution in [2.45, 2.75) is 41.4 Å². The lowest BCUT2D eigenvalue weighted by Gasteiger charge is -2.38. The first-order valence-corrected chi connectivity index (χ1v) is 13.4. The van der Waals surface area contributed by atoms with Crippen LogP contribution in [-0.2, 0) is 15.3 Å². The van der Waals surface area contributed by atoms with Crippen LogP contribution in [0.2, 0.25) is 0 Å². The van der Waals surface area contributed by atoms with Crippen molar-refractivity contribution >= 4 is 9.84 Å². The van der Waals surface area contributed by atoms with Crippen molar-refractivity contribution in [3.8, 4) is 23.0 Å².